The number of hydrogen-bond acceptors (Lipinski definition) is 3. The number of aryl methyl sites for hydroxylation is 1. The fourth-order valence-electron chi connectivity index (χ4n) is 3.79. The van der Waals surface area contributed by atoms with Crippen LogP contribution in [0.1, 0.15) is 54.4 Å². The Hall–Kier alpha value is -2.75. The van der Waals surface area contributed by atoms with Crippen LogP contribution in [0.3, 0.4) is 0 Å². The van der Waals surface area contributed by atoms with Crippen LogP contribution in [0.4, 0.5) is 26.3 Å². The number of carbonyl (C=O) groups is 1. The third kappa shape index (κ3) is 9.04. The topological polar surface area (TPSA) is 49.8 Å². The Morgan fingerprint density at radius 2 is 1.67 bits per heavy atom. The van der Waals surface area contributed by atoms with Crippen LogP contribution < -0.4 is 4.74 Å². The van der Waals surface area contributed by atoms with Gasteiger partial charge in [-0.1, -0.05) is 31.4 Å². The van der Waals surface area contributed by atoms with Crippen molar-refractivity contribution >= 4 is 5.97 Å². The summed E-state index contributed by atoms with van der Waals surface area (Å²) in [5.41, 5.74) is -1.69. The van der Waals surface area contributed by atoms with Gasteiger partial charge in [0.2, 0.25) is 0 Å². The number of carboxylic acid groups (broad SMARTS) is 1. The molecule has 1 heterocycles. The molecule has 4 rings (SSSR count). The van der Waals surface area contributed by atoms with Gasteiger partial charge in [0.05, 0.1) is 17.7 Å². The van der Waals surface area contributed by atoms with E-state index in [2.05, 4.69) is 0 Å². The van der Waals surface area contributed by atoms with Crippen molar-refractivity contribution in [2.24, 2.45) is 5.92 Å². The average molecular weight is 518 g/mol. The first kappa shape index (κ1) is 27.8. The van der Waals surface area contributed by atoms with E-state index in [-0.39, 0.29) is 24.4 Å². The summed E-state index contributed by atoms with van der Waals surface area (Å²) in [6, 6.07) is 8.63. The van der Waals surface area contributed by atoms with Crippen LogP contribution >= 0.6 is 0 Å². The minimum atomic E-state index is -4.73. The van der Waals surface area contributed by atoms with Crippen molar-refractivity contribution in [3.8, 4) is 5.75 Å². The number of hydrogen-bond donors (Lipinski definition) is 1. The van der Waals surface area contributed by atoms with Gasteiger partial charge in [-0.15, -0.1) is 0 Å². The second-order valence-electron chi connectivity index (χ2n) is 9.17. The minimum Gasteiger partial charge on any atom is -0.494 e. The molecule has 198 valence electrons. The lowest BCUT2D eigenvalue weighted by Gasteiger charge is -2.39. The molecule has 36 heavy (non-hydrogen) atoms. The van der Waals surface area contributed by atoms with Gasteiger partial charge in [0.25, 0.3) is 0 Å². The van der Waals surface area contributed by atoms with Crippen LogP contribution in [0.5, 0.6) is 5.75 Å². The molecular formula is C26H29F6NO3. The first-order chi connectivity index (χ1) is 16.9. The first-order valence-electron chi connectivity index (χ1n) is 11.8. The molecule has 0 amide bonds. The fourth-order valence-corrected chi connectivity index (χ4v) is 3.79. The summed E-state index contributed by atoms with van der Waals surface area (Å²) >= 11 is 0. The van der Waals surface area contributed by atoms with Gasteiger partial charge in [0, 0.05) is 26.1 Å². The van der Waals surface area contributed by atoms with Crippen LogP contribution in [0.25, 0.3) is 0 Å². The lowest BCUT2D eigenvalue weighted by atomic mass is 9.94. The van der Waals surface area contributed by atoms with E-state index in [0.29, 0.717) is 56.5 Å². The van der Waals surface area contributed by atoms with E-state index >= 15 is 0 Å². The molecule has 1 aliphatic heterocycles. The number of likely N-dealkylation sites (tertiary alicyclic amines) is 1. The number of nitrogens with zero attached hydrogens (tertiary/aromatic N) is 1. The number of alkyl halides is 6. The summed E-state index contributed by atoms with van der Waals surface area (Å²) < 4.78 is 84.2. The third-order valence-electron chi connectivity index (χ3n) is 5.84. The summed E-state index contributed by atoms with van der Waals surface area (Å²) in [7, 11) is 0. The largest absolute Gasteiger partial charge is 0.494 e. The molecule has 1 aliphatic carbocycles. The molecule has 1 saturated carbocycles. The zero-order valence-corrected chi connectivity index (χ0v) is 19.7. The van der Waals surface area contributed by atoms with E-state index in [9.17, 15) is 31.1 Å². The van der Waals surface area contributed by atoms with Crippen molar-refractivity contribution in [1.82, 2.24) is 4.90 Å². The molecule has 0 aromatic heterocycles. The molecule has 0 bridgehead atoms. The predicted molar refractivity (Wildman–Crippen MR) is 122 cm³/mol. The van der Waals surface area contributed by atoms with E-state index in [1.54, 1.807) is 23.1 Å². The molecule has 0 spiro atoms. The minimum absolute atomic E-state index is 0.0172. The predicted octanol–water partition coefficient (Wildman–Crippen LogP) is 6.81. The number of halogens is 6. The van der Waals surface area contributed by atoms with Gasteiger partial charge < -0.3 is 9.84 Å². The molecule has 2 aromatic carbocycles. The van der Waals surface area contributed by atoms with Crippen LogP contribution in [0, 0.1) is 5.92 Å². The molecule has 1 saturated heterocycles. The van der Waals surface area contributed by atoms with E-state index in [1.165, 1.54) is 19.3 Å². The quantitative estimate of drug-likeness (QED) is 0.371. The molecule has 4 nitrogen and oxygen atoms in total. The SMILES string of the molecule is C1CC1.O=C(O)CCc1cccc(OCCC2CN(Cc3cc(C(F)(F)F)ccc3C(F)(F)F)C2)c1. The normalized spacial score (nSPS) is 16.1. The summed E-state index contributed by atoms with van der Waals surface area (Å²) in [5.74, 6) is -0.114. The number of carboxylic acids is 1. The highest BCUT2D eigenvalue weighted by Gasteiger charge is 2.38. The monoisotopic (exact) mass is 517 g/mol. The van der Waals surface area contributed by atoms with Crippen LogP contribution in [-0.2, 0) is 30.1 Å². The molecule has 0 unspecified atom stereocenters. The highest BCUT2D eigenvalue weighted by Crippen LogP contribution is 2.37. The van der Waals surface area contributed by atoms with Gasteiger partial charge in [-0.2, -0.15) is 26.3 Å². The van der Waals surface area contributed by atoms with Crippen molar-refractivity contribution in [2.45, 2.75) is 57.4 Å². The highest BCUT2D eigenvalue weighted by molar-refractivity contribution is 5.67. The molecule has 2 aromatic rings. The fraction of sp³-hybridized carbons (Fsp3) is 0.500. The van der Waals surface area contributed by atoms with Crippen molar-refractivity contribution in [3.05, 3.63) is 64.7 Å². The molecular weight excluding hydrogens is 488 g/mol. The Morgan fingerprint density at radius 3 is 2.25 bits per heavy atom. The Balaban J connectivity index is 0.00000112. The average Bonchev–Trinajstić information content (AvgIpc) is 3.64. The summed E-state index contributed by atoms with van der Waals surface area (Å²) in [6.07, 6.45) is -3.89. The smallest absolute Gasteiger partial charge is 0.416 e. The standard InChI is InChI=1S/C23H23F6NO3.C3H6/c24-22(25,26)18-5-6-20(23(27,28)29)17(11-18)14-30-12-16(13-30)8-9-33-19-3-1-2-15(10-19)4-7-21(31)32;1-2-3-1/h1-3,5-6,10-11,16H,4,7-9,12-14H2,(H,31,32);1-3H2. The Morgan fingerprint density at radius 1 is 0.972 bits per heavy atom. The van der Waals surface area contributed by atoms with Gasteiger partial charge in [-0.3, -0.25) is 9.69 Å². The van der Waals surface area contributed by atoms with Crippen LogP contribution in [0.15, 0.2) is 42.5 Å². The first-order valence-corrected chi connectivity index (χ1v) is 11.8. The zero-order chi connectivity index (χ0) is 26.3. The van der Waals surface area contributed by atoms with Crippen molar-refractivity contribution in [3.63, 3.8) is 0 Å². The maximum absolute atomic E-state index is 13.2. The summed E-state index contributed by atoms with van der Waals surface area (Å²) in [5, 5.41) is 8.76. The van der Waals surface area contributed by atoms with Gasteiger partial charge in [-0.05, 0) is 60.2 Å². The van der Waals surface area contributed by atoms with Crippen LogP contribution in [-0.4, -0.2) is 35.7 Å². The summed E-state index contributed by atoms with van der Waals surface area (Å²) in [4.78, 5) is 12.4. The van der Waals surface area contributed by atoms with Crippen molar-refractivity contribution < 1.29 is 41.0 Å². The lowest BCUT2D eigenvalue weighted by Crippen LogP contribution is -2.46. The van der Waals surface area contributed by atoms with E-state index < -0.39 is 29.4 Å². The molecule has 0 radical (unpaired) electrons. The Kier molecular flexibility index (Phi) is 9.27. The lowest BCUT2D eigenvalue weighted by molar-refractivity contribution is -0.142. The van der Waals surface area contributed by atoms with Gasteiger partial charge in [0.1, 0.15) is 5.75 Å². The van der Waals surface area contributed by atoms with E-state index in [4.69, 9.17) is 9.84 Å². The van der Waals surface area contributed by atoms with Crippen LogP contribution in [0.2, 0.25) is 0 Å². The van der Waals surface area contributed by atoms with Gasteiger partial charge >= 0.3 is 18.3 Å². The Labute approximate surface area is 205 Å². The number of rotatable bonds is 9. The highest BCUT2D eigenvalue weighted by atomic mass is 19.4. The number of aliphatic carboxylic acids is 1. The molecule has 0 atom stereocenters. The number of benzene rings is 2. The zero-order valence-electron chi connectivity index (χ0n) is 19.7. The summed E-state index contributed by atoms with van der Waals surface area (Å²) in [6.45, 7) is 1.10. The van der Waals surface area contributed by atoms with E-state index in [0.717, 1.165) is 5.56 Å². The van der Waals surface area contributed by atoms with Crippen molar-refractivity contribution in [2.75, 3.05) is 19.7 Å². The second kappa shape index (κ2) is 12.0. The molecule has 2 aliphatic rings. The maximum Gasteiger partial charge on any atom is 0.416 e. The van der Waals surface area contributed by atoms with E-state index in [1.807, 2.05) is 6.07 Å². The second-order valence-corrected chi connectivity index (χ2v) is 9.17. The third-order valence-corrected chi connectivity index (χ3v) is 5.84. The maximum atomic E-state index is 13.2. The van der Waals surface area contributed by atoms with Gasteiger partial charge in [-0.25, -0.2) is 0 Å². The molecule has 1 N–H and O–H groups in total. The molecule has 2 fully saturated rings. The van der Waals surface area contributed by atoms with Gasteiger partial charge in [0.15, 0.2) is 0 Å². The molecule has 10 heteroatoms. The Bertz CT molecular complexity index is 1010. The number of ether oxygens (including phenoxy) is 1. The van der Waals surface area contributed by atoms with Crippen molar-refractivity contribution in [1.29, 1.82) is 0 Å².